The Balaban J connectivity index is 1.84. The fourth-order valence-electron chi connectivity index (χ4n) is 2.96. The van der Waals surface area contributed by atoms with Gasteiger partial charge in [0.2, 0.25) is 0 Å². The predicted octanol–water partition coefficient (Wildman–Crippen LogP) is 3.86. The standard InChI is InChI=1S/C19H22FN3OS/c1-13(2)9-22(10-15-4-6-16(20)7-5-15)11-17-8-18(24)23-14(3)12-25-19(23)21-17/h4-8,12-13H,9-11H2,1-3H3. The molecule has 6 heteroatoms. The van der Waals surface area contributed by atoms with Gasteiger partial charge in [-0.2, -0.15) is 0 Å². The first-order valence-electron chi connectivity index (χ1n) is 8.36. The maximum atomic E-state index is 13.1. The minimum Gasteiger partial charge on any atom is -0.293 e. The fraction of sp³-hybridized carbons (Fsp3) is 0.368. The zero-order chi connectivity index (χ0) is 18.0. The lowest BCUT2D eigenvalue weighted by molar-refractivity contribution is 0.225. The van der Waals surface area contributed by atoms with Crippen LogP contribution in [-0.2, 0) is 13.1 Å². The Labute approximate surface area is 150 Å². The predicted molar refractivity (Wildman–Crippen MR) is 99.4 cm³/mol. The smallest absolute Gasteiger partial charge is 0.259 e. The summed E-state index contributed by atoms with van der Waals surface area (Å²) >= 11 is 1.48. The second-order valence-corrected chi connectivity index (χ2v) is 7.61. The molecule has 0 spiro atoms. The summed E-state index contributed by atoms with van der Waals surface area (Å²) in [7, 11) is 0. The molecule has 0 atom stereocenters. The van der Waals surface area contributed by atoms with Gasteiger partial charge in [-0.25, -0.2) is 9.37 Å². The molecule has 0 amide bonds. The van der Waals surface area contributed by atoms with Crippen LogP contribution in [0.5, 0.6) is 0 Å². The molecule has 132 valence electrons. The fourth-order valence-corrected chi connectivity index (χ4v) is 3.85. The zero-order valence-corrected chi connectivity index (χ0v) is 15.5. The van der Waals surface area contributed by atoms with Crippen LogP contribution in [0.3, 0.4) is 0 Å². The van der Waals surface area contributed by atoms with E-state index in [-0.39, 0.29) is 11.4 Å². The van der Waals surface area contributed by atoms with E-state index in [9.17, 15) is 9.18 Å². The lowest BCUT2D eigenvalue weighted by Gasteiger charge is -2.24. The summed E-state index contributed by atoms with van der Waals surface area (Å²) in [6.07, 6.45) is 0. The minimum absolute atomic E-state index is 0.0370. The van der Waals surface area contributed by atoms with E-state index >= 15 is 0 Å². The van der Waals surface area contributed by atoms with E-state index < -0.39 is 0 Å². The van der Waals surface area contributed by atoms with Gasteiger partial charge in [0, 0.05) is 36.8 Å². The van der Waals surface area contributed by atoms with Gasteiger partial charge in [-0.3, -0.25) is 14.1 Å². The average molecular weight is 359 g/mol. The van der Waals surface area contributed by atoms with Crippen molar-refractivity contribution >= 4 is 16.3 Å². The van der Waals surface area contributed by atoms with Gasteiger partial charge in [0.25, 0.3) is 5.56 Å². The summed E-state index contributed by atoms with van der Waals surface area (Å²) in [6, 6.07) is 8.18. The van der Waals surface area contributed by atoms with E-state index in [1.807, 2.05) is 12.3 Å². The number of rotatable bonds is 6. The second-order valence-electron chi connectivity index (χ2n) is 6.77. The van der Waals surface area contributed by atoms with Crippen LogP contribution in [0, 0.1) is 18.7 Å². The van der Waals surface area contributed by atoms with Gasteiger partial charge in [-0.1, -0.05) is 26.0 Å². The van der Waals surface area contributed by atoms with Crippen molar-refractivity contribution in [2.24, 2.45) is 5.92 Å². The van der Waals surface area contributed by atoms with E-state index in [2.05, 4.69) is 23.7 Å². The molecule has 0 unspecified atom stereocenters. The van der Waals surface area contributed by atoms with Gasteiger partial charge in [-0.15, -0.1) is 11.3 Å². The highest BCUT2D eigenvalue weighted by molar-refractivity contribution is 7.15. The summed E-state index contributed by atoms with van der Waals surface area (Å²) in [6.45, 7) is 8.40. The van der Waals surface area contributed by atoms with Crippen molar-refractivity contribution in [3.8, 4) is 0 Å². The van der Waals surface area contributed by atoms with Crippen molar-refractivity contribution < 1.29 is 4.39 Å². The number of benzene rings is 1. The molecule has 2 heterocycles. The molecular formula is C19H22FN3OS. The number of thiazole rings is 1. The Morgan fingerprint density at radius 2 is 1.96 bits per heavy atom. The molecule has 0 aliphatic rings. The molecule has 3 aromatic rings. The Morgan fingerprint density at radius 3 is 2.64 bits per heavy atom. The summed E-state index contributed by atoms with van der Waals surface area (Å²) < 4.78 is 14.8. The van der Waals surface area contributed by atoms with Crippen LogP contribution in [-0.4, -0.2) is 20.8 Å². The zero-order valence-electron chi connectivity index (χ0n) is 14.7. The lowest BCUT2D eigenvalue weighted by atomic mass is 10.1. The Kier molecular flexibility index (Phi) is 5.30. The van der Waals surface area contributed by atoms with Crippen LogP contribution < -0.4 is 5.56 Å². The van der Waals surface area contributed by atoms with Crippen molar-refractivity contribution in [2.45, 2.75) is 33.9 Å². The van der Waals surface area contributed by atoms with Crippen molar-refractivity contribution in [2.75, 3.05) is 6.54 Å². The van der Waals surface area contributed by atoms with Crippen LogP contribution >= 0.6 is 11.3 Å². The number of hydrogen-bond acceptors (Lipinski definition) is 4. The van der Waals surface area contributed by atoms with E-state index in [0.29, 0.717) is 19.0 Å². The van der Waals surface area contributed by atoms with Gasteiger partial charge in [0.15, 0.2) is 4.96 Å². The van der Waals surface area contributed by atoms with Gasteiger partial charge in [-0.05, 0) is 30.5 Å². The van der Waals surface area contributed by atoms with Crippen LogP contribution in [0.1, 0.15) is 30.8 Å². The molecule has 0 aliphatic carbocycles. The topological polar surface area (TPSA) is 37.6 Å². The Morgan fingerprint density at radius 1 is 1.24 bits per heavy atom. The average Bonchev–Trinajstić information content (AvgIpc) is 2.90. The van der Waals surface area contributed by atoms with Crippen molar-refractivity contribution in [1.82, 2.24) is 14.3 Å². The molecule has 0 saturated heterocycles. The third-order valence-corrected chi connectivity index (χ3v) is 4.90. The van der Waals surface area contributed by atoms with Crippen molar-refractivity contribution in [1.29, 1.82) is 0 Å². The molecule has 0 radical (unpaired) electrons. The second kappa shape index (κ2) is 7.45. The van der Waals surface area contributed by atoms with Crippen molar-refractivity contribution in [3.63, 3.8) is 0 Å². The summed E-state index contributed by atoms with van der Waals surface area (Å²) in [5, 5.41) is 1.94. The maximum Gasteiger partial charge on any atom is 0.259 e. The van der Waals surface area contributed by atoms with Crippen LogP contribution in [0.15, 0.2) is 40.5 Å². The van der Waals surface area contributed by atoms with E-state index in [1.54, 1.807) is 22.6 Å². The third-order valence-electron chi connectivity index (χ3n) is 3.96. The Bertz CT molecular complexity index is 915. The van der Waals surface area contributed by atoms with Crippen LogP contribution in [0.2, 0.25) is 0 Å². The van der Waals surface area contributed by atoms with Crippen LogP contribution in [0.4, 0.5) is 4.39 Å². The minimum atomic E-state index is -0.229. The first-order valence-corrected chi connectivity index (χ1v) is 9.24. The highest BCUT2D eigenvalue weighted by atomic mass is 32.1. The molecular weight excluding hydrogens is 337 g/mol. The summed E-state index contributed by atoms with van der Waals surface area (Å²) in [4.78, 5) is 20.0. The van der Waals surface area contributed by atoms with Gasteiger partial charge >= 0.3 is 0 Å². The highest BCUT2D eigenvalue weighted by Gasteiger charge is 2.13. The Hall–Kier alpha value is -2.05. The number of aromatic nitrogens is 2. The number of halogens is 1. The number of nitrogens with zero attached hydrogens (tertiary/aromatic N) is 3. The van der Waals surface area contributed by atoms with Gasteiger partial charge < -0.3 is 0 Å². The third kappa shape index (κ3) is 4.32. The first-order chi connectivity index (χ1) is 11.9. The molecule has 0 fully saturated rings. The van der Waals surface area contributed by atoms with Crippen LogP contribution in [0.25, 0.3) is 4.96 Å². The molecule has 3 rings (SSSR count). The molecule has 0 aliphatic heterocycles. The SMILES string of the molecule is Cc1csc2nc(CN(Cc3ccc(F)cc3)CC(C)C)cc(=O)n12. The number of fused-ring (bicyclic) bond motifs is 1. The maximum absolute atomic E-state index is 13.1. The van der Waals surface area contributed by atoms with E-state index in [0.717, 1.165) is 28.5 Å². The van der Waals surface area contributed by atoms with E-state index in [4.69, 9.17) is 0 Å². The molecule has 0 N–H and O–H groups in total. The molecule has 2 aromatic heterocycles. The quantitative estimate of drug-likeness (QED) is 0.671. The molecule has 0 bridgehead atoms. The van der Waals surface area contributed by atoms with Gasteiger partial charge in [0.05, 0.1) is 5.69 Å². The normalized spacial score (nSPS) is 11.8. The first kappa shape index (κ1) is 17.8. The lowest BCUT2D eigenvalue weighted by Crippen LogP contribution is -2.28. The summed E-state index contributed by atoms with van der Waals surface area (Å²) in [5.74, 6) is 0.252. The van der Waals surface area contributed by atoms with Crippen molar-refractivity contribution in [3.05, 3.63) is 68.8 Å². The summed E-state index contributed by atoms with van der Waals surface area (Å²) in [5.41, 5.74) is 2.70. The monoisotopic (exact) mass is 359 g/mol. The number of aryl methyl sites for hydroxylation is 1. The molecule has 25 heavy (non-hydrogen) atoms. The van der Waals surface area contributed by atoms with Gasteiger partial charge in [0.1, 0.15) is 5.82 Å². The largest absolute Gasteiger partial charge is 0.293 e. The highest BCUT2D eigenvalue weighted by Crippen LogP contribution is 2.15. The molecule has 4 nitrogen and oxygen atoms in total. The molecule has 1 aromatic carbocycles. The number of hydrogen-bond donors (Lipinski definition) is 0. The van der Waals surface area contributed by atoms with E-state index in [1.165, 1.54) is 23.5 Å². The molecule has 0 saturated carbocycles.